The number of rotatable bonds is 4. The highest BCUT2D eigenvalue weighted by molar-refractivity contribution is 5.95. The number of anilines is 1. The molecule has 106 valence electrons. The molecule has 0 aliphatic heterocycles. The molecule has 0 saturated heterocycles. The minimum Gasteiger partial charge on any atom is -0.384 e. The van der Waals surface area contributed by atoms with Crippen molar-refractivity contribution in [3.63, 3.8) is 0 Å². The monoisotopic (exact) mass is 263 g/mol. The van der Waals surface area contributed by atoms with E-state index >= 15 is 0 Å². The molecule has 0 radical (unpaired) electrons. The molecule has 1 unspecified atom stereocenters. The van der Waals surface area contributed by atoms with Crippen LogP contribution < -0.4 is 5.73 Å². The molecule has 0 aliphatic carbocycles. The summed E-state index contributed by atoms with van der Waals surface area (Å²) in [7, 11) is 1.83. The molecule has 2 N–H and O–H groups in total. The Morgan fingerprint density at radius 1 is 1.21 bits per heavy atom. The van der Waals surface area contributed by atoms with Crippen molar-refractivity contribution in [2.75, 3.05) is 12.8 Å². The molecule has 4 nitrogen and oxygen atoms in total. The number of amides is 1. The Balaban J connectivity index is 3.06. The van der Waals surface area contributed by atoms with E-state index in [1.165, 1.54) is 0 Å². The summed E-state index contributed by atoms with van der Waals surface area (Å²) in [6, 6.07) is 3.68. The maximum absolute atomic E-state index is 12.5. The highest BCUT2D eigenvalue weighted by Crippen LogP contribution is 2.19. The smallest absolute Gasteiger partial charge is 0.254 e. The molecule has 4 heteroatoms. The average molecular weight is 263 g/mol. The third-order valence-electron chi connectivity index (χ3n) is 3.60. The van der Waals surface area contributed by atoms with Gasteiger partial charge in [0.05, 0.1) is 0 Å². The SMILES string of the molecule is CC(C)c1cc(C(=O)N(C)C(C)C(C)C)cc(N)n1. The summed E-state index contributed by atoms with van der Waals surface area (Å²) in [6.45, 7) is 10.3. The van der Waals surface area contributed by atoms with E-state index in [-0.39, 0.29) is 17.9 Å². The Bertz CT molecular complexity index is 455. The number of aromatic nitrogens is 1. The minimum absolute atomic E-state index is 0.00259. The van der Waals surface area contributed by atoms with Gasteiger partial charge in [-0.15, -0.1) is 0 Å². The second kappa shape index (κ2) is 6.04. The zero-order chi connectivity index (χ0) is 14.7. The Labute approximate surface area is 116 Å². The number of pyridine rings is 1. The lowest BCUT2D eigenvalue weighted by atomic mass is 10.0. The van der Waals surface area contributed by atoms with E-state index < -0.39 is 0 Å². The first-order valence-electron chi connectivity index (χ1n) is 6.78. The lowest BCUT2D eigenvalue weighted by Gasteiger charge is -2.28. The number of nitrogens with two attached hydrogens (primary N) is 1. The maximum atomic E-state index is 12.5. The van der Waals surface area contributed by atoms with Crippen molar-refractivity contribution in [1.29, 1.82) is 0 Å². The van der Waals surface area contributed by atoms with Crippen molar-refractivity contribution in [1.82, 2.24) is 9.88 Å². The first-order valence-corrected chi connectivity index (χ1v) is 6.78. The summed E-state index contributed by atoms with van der Waals surface area (Å²) >= 11 is 0. The van der Waals surface area contributed by atoms with Crippen molar-refractivity contribution in [2.24, 2.45) is 5.92 Å². The van der Waals surface area contributed by atoms with Crippen LogP contribution in [0.3, 0.4) is 0 Å². The van der Waals surface area contributed by atoms with E-state index in [9.17, 15) is 4.79 Å². The van der Waals surface area contributed by atoms with Gasteiger partial charge in [0.15, 0.2) is 0 Å². The molecule has 0 bridgehead atoms. The fourth-order valence-electron chi connectivity index (χ4n) is 1.83. The van der Waals surface area contributed by atoms with E-state index in [1.807, 2.05) is 27.0 Å². The third-order valence-corrected chi connectivity index (χ3v) is 3.60. The van der Waals surface area contributed by atoms with Gasteiger partial charge < -0.3 is 10.6 Å². The van der Waals surface area contributed by atoms with Gasteiger partial charge in [0.25, 0.3) is 5.91 Å². The van der Waals surface area contributed by atoms with Crippen LogP contribution in [-0.2, 0) is 0 Å². The molecular formula is C15H25N3O. The molecule has 19 heavy (non-hydrogen) atoms. The number of nitrogens with zero attached hydrogens (tertiary/aromatic N) is 2. The molecule has 1 rings (SSSR count). The van der Waals surface area contributed by atoms with Gasteiger partial charge in [0.1, 0.15) is 5.82 Å². The quantitative estimate of drug-likeness (QED) is 0.908. The van der Waals surface area contributed by atoms with Gasteiger partial charge in [-0.3, -0.25) is 4.79 Å². The Hall–Kier alpha value is -1.58. The molecule has 1 aromatic rings. The molecule has 0 spiro atoms. The molecule has 1 amide bonds. The van der Waals surface area contributed by atoms with E-state index in [1.54, 1.807) is 11.0 Å². The highest BCUT2D eigenvalue weighted by atomic mass is 16.2. The van der Waals surface area contributed by atoms with Crippen molar-refractivity contribution >= 4 is 11.7 Å². The molecule has 0 saturated carbocycles. The fourth-order valence-corrected chi connectivity index (χ4v) is 1.83. The third kappa shape index (κ3) is 3.69. The molecule has 1 heterocycles. The van der Waals surface area contributed by atoms with Crippen LogP contribution in [0, 0.1) is 5.92 Å². The predicted molar refractivity (Wildman–Crippen MR) is 79.1 cm³/mol. The number of carbonyl (C=O) groups excluding carboxylic acids is 1. The van der Waals surface area contributed by atoms with Crippen LogP contribution in [0.25, 0.3) is 0 Å². The number of nitrogen functional groups attached to an aromatic ring is 1. The van der Waals surface area contributed by atoms with Crippen LogP contribution in [0.4, 0.5) is 5.82 Å². The molecular weight excluding hydrogens is 238 g/mol. The Kier molecular flexibility index (Phi) is 4.92. The van der Waals surface area contributed by atoms with Crippen LogP contribution in [0.5, 0.6) is 0 Å². The summed E-state index contributed by atoms with van der Waals surface area (Å²) in [5.41, 5.74) is 7.26. The van der Waals surface area contributed by atoms with Gasteiger partial charge in [-0.25, -0.2) is 4.98 Å². The van der Waals surface area contributed by atoms with Crippen molar-refractivity contribution in [3.8, 4) is 0 Å². The first-order chi connectivity index (χ1) is 8.73. The lowest BCUT2D eigenvalue weighted by molar-refractivity contribution is 0.0707. The largest absolute Gasteiger partial charge is 0.384 e. The van der Waals surface area contributed by atoms with Crippen LogP contribution in [0.2, 0.25) is 0 Å². The van der Waals surface area contributed by atoms with Crippen LogP contribution in [-0.4, -0.2) is 28.9 Å². The zero-order valence-electron chi connectivity index (χ0n) is 12.8. The Morgan fingerprint density at radius 2 is 1.79 bits per heavy atom. The number of carbonyl (C=O) groups is 1. The molecule has 0 aliphatic rings. The van der Waals surface area contributed by atoms with Crippen LogP contribution in [0.15, 0.2) is 12.1 Å². The summed E-state index contributed by atoms with van der Waals surface area (Å²) in [4.78, 5) is 18.5. The molecule has 0 fully saturated rings. The summed E-state index contributed by atoms with van der Waals surface area (Å²) in [5, 5.41) is 0. The molecule has 1 atom stereocenters. The predicted octanol–water partition coefficient (Wildman–Crippen LogP) is 2.90. The summed E-state index contributed by atoms with van der Waals surface area (Å²) in [6.07, 6.45) is 0. The van der Waals surface area contributed by atoms with Gasteiger partial charge in [0.2, 0.25) is 0 Å². The second-order valence-corrected chi connectivity index (χ2v) is 5.76. The van der Waals surface area contributed by atoms with Gasteiger partial charge in [-0.2, -0.15) is 0 Å². The van der Waals surface area contributed by atoms with Gasteiger partial charge >= 0.3 is 0 Å². The Morgan fingerprint density at radius 3 is 2.26 bits per heavy atom. The van der Waals surface area contributed by atoms with Crippen molar-refractivity contribution in [3.05, 3.63) is 23.4 Å². The minimum atomic E-state index is -0.00259. The van der Waals surface area contributed by atoms with Gasteiger partial charge in [0, 0.05) is 24.3 Å². The summed E-state index contributed by atoms with van der Waals surface area (Å²) < 4.78 is 0. The van der Waals surface area contributed by atoms with E-state index in [0.29, 0.717) is 17.3 Å². The van der Waals surface area contributed by atoms with E-state index in [4.69, 9.17) is 5.73 Å². The number of hydrogen-bond donors (Lipinski definition) is 1. The fraction of sp³-hybridized carbons (Fsp3) is 0.600. The normalized spacial score (nSPS) is 12.8. The standard InChI is InChI=1S/C15H25N3O/c1-9(2)11(5)18(6)15(19)12-7-13(10(3)4)17-14(16)8-12/h7-11H,1-6H3,(H2,16,17). The second-order valence-electron chi connectivity index (χ2n) is 5.76. The van der Waals surface area contributed by atoms with Crippen molar-refractivity contribution < 1.29 is 4.79 Å². The van der Waals surface area contributed by atoms with Gasteiger partial charge in [-0.1, -0.05) is 27.7 Å². The summed E-state index contributed by atoms with van der Waals surface area (Å²) in [5.74, 6) is 1.07. The topological polar surface area (TPSA) is 59.2 Å². The maximum Gasteiger partial charge on any atom is 0.254 e. The lowest BCUT2D eigenvalue weighted by Crippen LogP contribution is -2.38. The van der Waals surface area contributed by atoms with Crippen molar-refractivity contribution in [2.45, 2.75) is 46.6 Å². The van der Waals surface area contributed by atoms with Gasteiger partial charge in [-0.05, 0) is 30.9 Å². The van der Waals surface area contributed by atoms with E-state index in [2.05, 4.69) is 25.8 Å². The molecule has 0 aromatic carbocycles. The number of hydrogen-bond acceptors (Lipinski definition) is 3. The average Bonchev–Trinajstić information content (AvgIpc) is 2.35. The first kappa shape index (κ1) is 15.5. The van der Waals surface area contributed by atoms with Crippen LogP contribution in [0.1, 0.15) is 56.6 Å². The zero-order valence-corrected chi connectivity index (χ0v) is 12.8. The van der Waals surface area contributed by atoms with E-state index in [0.717, 1.165) is 5.69 Å². The highest BCUT2D eigenvalue weighted by Gasteiger charge is 2.21. The molecule has 1 aromatic heterocycles. The van der Waals surface area contributed by atoms with Crippen LogP contribution >= 0.6 is 0 Å².